The number of hydrogen-bond acceptors (Lipinski definition) is 6. The Balaban J connectivity index is 1.37. The highest BCUT2D eigenvalue weighted by Gasteiger charge is 2.36. The van der Waals surface area contributed by atoms with E-state index in [-0.39, 0.29) is 18.0 Å². The van der Waals surface area contributed by atoms with E-state index in [2.05, 4.69) is 41.0 Å². The third-order valence-electron chi connectivity index (χ3n) is 7.31. The van der Waals surface area contributed by atoms with Crippen LogP contribution >= 0.6 is 0 Å². The van der Waals surface area contributed by atoms with Crippen LogP contribution in [0.15, 0.2) is 43.1 Å². The maximum absolute atomic E-state index is 12.5. The minimum atomic E-state index is -0.114. The second-order valence-corrected chi connectivity index (χ2v) is 9.79. The highest BCUT2D eigenvalue weighted by molar-refractivity contribution is 5.93. The first-order valence-corrected chi connectivity index (χ1v) is 12.5. The van der Waals surface area contributed by atoms with Crippen molar-refractivity contribution in [2.75, 3.05) is 26.0 Å². The second kappa shape index (κ2) is 9.05. The number of carbonyl (C=O) groups is 1. The van der Waals surface area contributed by atoms with Gasteiger partial charge in [0.1, 0.15) is 17.3 Å². The lowest BCUT2D eigenvalue weighted by Gasteiger charge is -2.22. The number of nitrogen functional groups attached to an aromatic ring is 1. The summed E-state index contributed by atoms with van der Waals surface area (Å²) in [4.78, 5) is 23.3. The topological polar surface area (TPSA) is 104 Å². The van der Waals surface area contributed by atoms with Gasteiger partial charge in [-0.25, -0.2) is 9.97 Å². The van der Waals surface area contributed by atoms with Crippen LogP contribution in [-0.2, 0) is 9.53 Å². The van der Waals surface area contributed by atoms with Crippen molar-refractivity contribution < 1.29 is 9.53 Å². The molecule has 1 aliphatic carbocycles. The number of amides is 1. The molecule has 3 aromatic heterocycles. The molecule has 1 saturated carbocycles. The smallest absolute Gasteiger partial charge is 0.246 e. The number of ether oxygens (including phenoxy) is 1. The lowest BCUT2D eigenvalue weighted by molar-refractivity contribution is -0.127. The van der Waals surface area contributed by atoms with E-state index >= 15 is 0 Å². The van der Waals surface area contributed by atoms with Crippen LogP contribution in [0.4, 0.5) is 5.82 Å². The maximum Gasteiger partial charge on any atom is 0.246 e. The average Bonchev–Trinajstić information content (AvgIpc) is 3.38. The van der Waals surface area contributed by atoms with E-state index in [1.807, 2.05) is 22.9 Å². The number of rotatable bonds is 5. The summed E-state index contributed by atoms with van der Waals surface area (Å²) in [7, 11) is 1.64. The maximum atomic E-state index is 12.5. The van der Waals surface area contributed by atoms with Gasteiger partial charge in [-0.1, -0.05) is 12.5 Å². The van der Waals surface area contributed by atoms with E-state index in [9.17, 15) is 4.79 Å². The monoisotopic (exact) mass is 495 g/mol. The Morgan fingerprint density at radius 3 is 2.84 bits per heavy atom. The SMILES string of the molecule is C=CC(=O)N1C[C@@H](n2nc(C#Cc3ccc4c(c3)nc(C)n4C3CC3)c3c(N)nccc32)C[C@@H]1COC. The minimum absolute atomic E-state index is 0.0467. The summed E-state index contributed by atoms with van der Waals surface area (Å²) in [6.45, 7) is 6.66. The number of fused-ring (bicyclic) bond motifs is 2. The van der Waals surface area contributed by atoms with Gasteiger partial charge < -0.3 is 19.9 Å². The standard InChI is InChI=1S/C28H29N7O2/c1-4-26(36)33-15-20(14-21(33)16-37-3)35-25-11-12-30-28(29)27(25)22(32-35)9-5-18-6-10-24-23(13-18)31-17(2)34(24)19-7-8-19/h4,6,10-13,19-21H,1,7-8,14-16H2,2-3H3,(H2,29,30)/t20-,21+/m0/s1. The van der Waals surface area contributed by atoms with Gasteiger partial charge in [0.05, 0.1) is 40.6 Å². The Hall–Kier alpha value is -4.16. The molecular weight excluding hydrogens is 466 g/mol. The number of nitrogens with zero attached hydrogens (tertiary/aromatic N) is 6. The van der Waals surface area contributed by atoms with Gasteiger partial charge in [-0.3, -0.25) is 9.48 Å². The van der Waals surface area contributed by atoms with Crippen molar-refractivity contribution >= 4 is 33.7 Å². The van der Waals surface area contributed by atoms with Crippen molar-refractivity contribution in [1.82, 2.24) is 29.2 Å². The Kier molecular flexibility index (Phi) is 5.69. The summed E-state index contributed by atoms with van der Waals surface area (Å²) in [6.07, 6.45) is 6.15. The molecule has 188 valence electrons. The van der Waals surface area contributed by atoms with Gasteiger partial charge in [-0.15, -0.1) is 0 Å². The first-order chi connectivity index (χ1) is 18.0. The van der Waals surface area contributed by atoms with Gasteiger partial charge in [0, 0.05) is 31.5 Å². The molecule has 6 rings (SSSR count). The second-order valence-electron chi connectivity index (χ2n) is 9.79. The molecule has 2 fully saturated rings. The van der Waals surface area contributed by atoms with Gasteiger partial charge in [0.25, 0.3) is 0 Å². The lowest BCUT2D eigenvalue weighted by Crippen LogP contribution is -2.37. The summed E-state index contributed by atoms with van der Waals surface area (Å²) in [5.41, 5.74) is 10.7. The van der Waals surface area contributed by atoms with Crippen LogP contribution in [0.1, 0.15) is 48.4 Å². The van der Waals surface area contributed by atoms with Crippen LogP contribution in [0.2, 0.25) is 0 Å². The average molecular weight is 496 g/mol. The number of carbonyl (C=O) groups excluding carboxylic acids is 1. The summed E-state index contributed by atoms with van der Waals surface area (Å²) in [5.74, 6) is 7.80. The van der Waals surface area contributed by atoms with Crippen LogP contribution in [0, 0.1) is 18.8 Å². The fourth-order valence-electron chi connectivity index (χ4n) is 5.51. The molecule has 1 aliphatic heterocycles. The van der Waals surface area contributed by atoms with Crippen LogP contribution in [-0.4, -0.2) is 61.4 Å². The number of methoxy groups -OCH3 is 1. The highest BCUT2D eigenvalue weighted by Crippen LogP contribution is 2.38. The highest BCUT2D eigenvalue weighted by atomic mass is 16.5. The zero-order chi connectivity index (χ0) is 25.7. The third kappa shape index (κ3) is 4.03. The number of pyridine rings is 1. The number of anilines is 1. The Morgan fingerprint density at radius 2 is 2.08 bits per heavy atom. The molecule has 37 heavy (non-hydrogen) atoms. The molecular formula is C28H29N7O2. The minimum Gasteiger partial charge on any atom is -0.383 e. The molecule has 2 N–H and O–H groups in total. The van der Waals surface area contributed by atoms with E-state index in [1.165, 1.54) is 18.9 Å². The van der Waals surface area contributed by atoms with E-state index in [0.717, 1.165) is 33.3 Å². The predicted octanol–water partition coefficient (Wildman–Crippen LogP) is 3.38. The number of hydrogen-bond donors (Lipinski definition) is 1. The fraction of sp³-hybridized carbons (Fsp3) is 0.357. The number of nitrogens with two attached hydrogens (primary N) is 1. The molecule has 0 spiro atoms. The van der Waals surface area contributed by atoms with Crippen molar-refractivity contribution in [3.8, 4) is 11.8 Å². The molecule has 9 nitrogen and oxygen atoms in total. The largest absolute Gasteiger partial charge is 0.383 e. The van der Waals surface area contributed by atoms with E-state index in [4.69, 9.17) is 20.6 Å². The fourth-order valence-corrected chi connectivity index (χ4v) is 5.51. The van der Waals surface area contributed by atoms with E-state index < -0.39 is 0 Å². The third-order valence-corrected chi connectivity index (χ3v) is 7.31. The lowest BCUT2D eigenvalue weighted by atomic mass is 10.1. The molecule has 0 radical (unpaired) electrons. The van der Waals surface area contributed by atoms with Crippen LogP contribution in [0.25, 0.3) is 21.9 Å². The summed E-state index contributed by atoms with van der Waals surface area (Å²) < 4.78 is 9.63. The molecule has 1 amide bonds. The zero-order valence-electron chi connectivity index (χ0n) is 21.0. The van der Waals surface area contributed by atoms with Gasteiger partial charge in [0.2, 0.25) is 5.91 Å². The molecule has 2 atom stereocenters. The molecule has 0 bridgehead atoms. The van der Waals surface area contributed by atoms with Crippen molar-refractivity contribution in [2.45, 2.75) is 44.3 Å². The number of likely N-dealkylation sites (tertiary alicyclic amines) is 1. The van der Waals surface area contributed by atoms with Crippen molar-refractivity contribution in [3.05, 3.63) is 60.2 Å². The normalized spacial score (nSPS) is 19.4. The molecule has 9 heteroatoms. The van der Waals surface area contributed by atoms with Crippen LogP contribution < -0.4 is 5.73 Å². The zero-order valence-corrected chi connectivity index (χ0v) is 21.0. The van der Waals surface area contributed by atoms with Crippen molar-refractivity contribution in [2.24, 2.45) is 0 Å². The van der Waals surface area contributed by atoms with Gasteiger partial charge >= 0.3 is 0 Å². The number of aromatic nitrogens is 5. The van der Waals surface area contributed by atoms with Gasteiger partial charge in [0.15, 0.2) is 0 Å². The molecule has 4 aromatic rings. The summed E-state index contributed by atoms with van der Waals surface area (Å²) >= 11 is 0. The molecule has 1 saturated heterocycles. The summed E-state index contributed by atoms with van der Waals surface area (Å²) in [5, 5.41) is 5.60. The number of benzene rings is 1. The van der Waals surface area contributed by atoms with E-state index in [0.29, 0.717) is 37.1 Å². The first-order valence-electron chi connectivity index (χ1n) is 12.5. The Labute approximate surface area is 214 Å². The molecule has 2 aliphatic rings. The van der Waals surface area contributed by atoms with Crippen molar-refractivity contribution in [1.29, 1.82) is 0 Å². The van der Waals surface area contributed by atoms with Crippen LogP contribution in [0.3, 0.4) is 0 Å². The number of aryl methyl sites for hydroxylation is 1. The Morgan fingerprint density at radius 1 is 1.24 bits per heavy atom. The van der Waals surface area contributed by atoms with Gasteiger partial charge in [-0.2, -0.15) is 5.10 Å². The predicted molar refractivity (Wildman–Crippen MR) is 142 cm³/mol. The van der Waals surface area contributed by atoms with E-state index in [1.54, 1.807) is 18.2 Å². The molecule has 4 heterocycles. The van der Waals surface area contributed by atoms with Crippen LogP contribution in [0.5, 0.6) is 0 Å². The summed E-state index contributed by atoms with van der Waals surface area (Å²) in [6, 6.07) is 8.52. The molecule has 0 unspecified atom stereocenters. The quantitative estimate of drug-likeness (QED) is 0.336. The first kappa shape index (κ1) is 23.3. The van der Waals surface area contributed by atoms with Crippen molar-refractivity contribution in [3.63, 3.8) is 0 Å². The molecule has 1 aromatic carbocycles. The number of imidazole rings is 1. The Bertz CT molecular complexity index is 1600. The van der Waals surface area contributed by atoms with Gasteiger partial charge in [-0.05, 0) is 62.4 Å².